The summed E-state index contributed by atoms with van der Waals surface area (Å²) < 4.78 is 7.14. The van der Waals surface area contributed by atoms with E-state index in [0.29, 0.717) is 12.4 Å². The molecule has 0 unspecified atom stereocenters. The minimum absolute atomic E-state index is 0.534. The summed E-state index contributed by atoms with van der Waals surface area (Å²) in [5.41, 5.74) is 2.60. The summed E-state index contributed by atoms with van der Waals surface area (Å²) in [5.74, 6) is 2.23. The summed E-state index contributed by atoms with van der Waals surface area (Å²) in [5, 5.41) is 11.7. The Morgan fingerprint density at radius 1 is 1.17 bits per heavy atom. The minimum Gasteiger partial charge on any atom is -0.363 e. The lowest BCUT2D eigenvalue weighted by Gasteiger charge is -2.06. The second-order valence-corrected chi connectivity index (χ2v) is 5.23. The molecule has 7 heteroatoms. The Kier molecular flexibility index (Phi) is 4.36. The van der Waals surface area contributed by atoms with Crippen LogP contribution in [0.3, 0.4) is 0 Å². The molecule has 0 atom stereocenters. The number of nitrogens with zero attached hydrogens (tertiary/aromatic N) is 5. The maximum absolute atomic E-state index is 5.27. The molecule has 0 aliphatic heterocycles. The molecule has 0 radical (unpaired) electrons. The lowest BCUT2D eigenvalue weighted by atomic mass is 10.3. The molecule has 0 spiro atoms. The molecule has 0 amide bonds. The van der Waals surface area contributed by atoms with Crippen molar-refractivity contribution in [2.75, 3.05) is 5.32 Å². The van der Waals surface area contributed by atoms with Gasteiger partial charge in [-0.3, -0.25) is 4.68 Å². The van der Waals surface area contributed by atoms with Crippen molar-refractivity contribution < 1.29 is 4.52 Å². The maximum Gasteiger partial charge on any atom is 0.156 e. The third-order valence-electron chi connectivity index (χ3n) is 3.48. The summed E-state index contributed by atoms with van der Waals surface area (Å²) in [4.78, 5) is 8.87. The molecule has 0 bridgehead atoms. The smallest absolute Gasteiger partial charge is 0.156 e. The lowest BCUT2D eigenvalue weighted by molar-refractivity contribution is 0.382. The molecular formula is C16H20N6O. The van der Waals surface area contributed by atoms with Crippen molar-refractivity contribution in [2.45, 2.75) is 40.3 Å². The van der Waals surface area contributed by atoms with E-state index in [0.717, 1.165) is 41.6 Å². The van der Waals surface area contributed by atoms with Crippen molar-refractivity contribution in [1.82, 2.24) is 24.9 Å². The molecule has 0 aromatic carbocycles. The van der Waals surface area contributed by atoms with E-state index in [2.05, 4.69) is 32.5 Å². The molecule has 0 saturated heterocycles. The summed E-state index contributed by atoms with van der Waals surface area (Å²) in [6.45, 7) is 7.34. The van der Waals surface area contributed by atoms with Gasteiger partial charge in [0.2, 0.25) is 0 Å². The van der Waals surface area contributed by atoms with Crippen molar-refractivity contribution in [2.24, 2.45) is 0 Å². The van der Waals surface area contributed by atoms with Gasteiger partial charge in [-0.1, -0.05) is 12.1 Å². The van der Waals surface area contributed by atoms with Crippen molar-refractivity contribution in [3.05, 3.63) is 41.7 Å². The summed E-state index contributed by atoms with van der Waals surface area (Å²) in [7, 11) is 0. The Bertz CT molecular complexity index is 791. The van der Waals surface area contributed by atoms with E-state index in [1.807, 2.05) is 42.9 Å². The average molecular weight is 312 g/mol. The zero-order valence-electron chi connectivity index (χ0n) is 13.6. The first kappa shape index (κ1) is 15.2. The van der Waals surface area contributed by atoms with Crippen LogP contribution in [0, 0.1) is 6.92 Å². The quantitative estimate of drug-likeness (QED) is 0.753. The van der Waals surface area contributed by atoms with Gasteiger partial charge in [0, 0.05) is 24.9 Å². The van der Waals surface area contributed by atoms with Gasteiger partial charge in [-0.05, 0) is 26.3 Å². The van der Waals surface area contributed by atoms with Gasteiger partial charge in [0.1, 0.15) is 17.3 Å². The predicted molar refractivity (Wildman–Crippen MR) is 86.9 cm³/mol. The molecule has 1 N–H and O–H groups in total. The second kappa shape index (κ2) is 6.60. The normalized spacial score (nSPS) is 10.9. The highest BCUT2D eigenvalue weighted by atomic mass is 16.5. The fourth-order valence-electron chi connectivity index (χ4n) is 2.25. The zero-order valence-corrected chi connectivity index (χ0v) is 13.6. The Balaban J connectivity index is 1.77. The topological polar surface area (TPSA) is 81.7 Å². The minimum atomic E-state index is 0.534. The van der Waals surface area contributed by atoms with Gasteiger partial charge >= 0.3 is 0 Å². The van der Waals surface area contributed by atoms with Crippen LogP contribution in [-0.4, -0.2) is 24.9 Å². The third-order valence-corrected chi connectivity index (χ3v) is 3.48. The van der Waals surface area contributed by atoms with E-state index in [9.17, 15) is 0 Å². The molecule has 7 nitrogen and oxygen atoms in total. The zero-order chi connectivity index (χ0) is 16.2. The van der Waals surface area contributed by atoms with E-state index >= 15 is 0 Å². The average Bonchev–Trinajstić information content (AvgIpc) is 3.21. The second-order valence-electron chi connectivity index (χ2n) is 5.23. The van der Waals surface area contributed by atoms with Crippen LogP contribution in [-0.2, 0) is 19.5 Å². The molecule has 23 heavy (non-hydrogen) atoms. The van der Waals surface area contributed by atoms with E-state index < -0.39 is 0 Å². The summed E-state index contributed by atoms with van der Waals surface area (Å²) in [6.07, 6.45) is 2.81. The first-order valence-electron chi connectivity index (χ1n) is 7.75. The number of aryl methyl sites for hydroxylation is 3. The van der Waals surface area contributed by atoms with Crippen molar-refractivity contribution in [1.29, 1.82) is 0 Å². The van der Waals surface area contributed by atoms with Crippen LogP contribution < -0.4 is 5.32 Å². The number of hydrogen-bond acceptors (Lipinski definition) is 6. The van der Waals surface area contributed by atoms with Gasteiger partial charge in [0.15, 0.2) is 5.76 Å². The van der Waals surface area contributed by atoms with E-state index in [1.54, 1.807) is 0 Å². The van der Waals surface area contributed by atoms with Crippen LogP contribution in [0.25, 0.3) is 11.4 Å². The molecule has 0 fully saturated rings. The molecule has 0 aliphatic carbocycles. The maximum atomic E-state index is 5.27. The van der Waals surface area contributed by atoms with E-state index in [-0.39, 0.29) is 0 Å². The third kappa shape index (κ3) is 3.56. The molecule has 0 saturated carbocycles. The van der Waals surface area contributed by atoms with Gasteiger partial charge in [0.05, 0.1) is 17.9 Å². The van der Waals surface area contributed by atoms with Gasteiger partial charge in [-0.25, -0.2) is 9.97 Å². The van der Waals surface area contributed by atoms with Crippen LogP contribution in [0.5, 0.6) is 0 Å². The van der Waals surface area contributed by atoms with Gasteiger partial charge < -0.3 is 9.84 Å². The molecule has 3 rings (SSSR count). The van der Waals surface area contributed by atoms with Crippen LogP contribution >= 0.6 is 0 Å². The monoisotopic (exact) mass is 312 g/mol. The van der Waals surface area contributed by atoms with Gasteiger partial charge in [-0.2, -0.15) is 5.10 Å². The molecule has 3 heterocycles. The van der Waals surface area contributed by atoms with Crippen LogP contribution in [0.15, 0.2) is 28.9 Å². The van der Waals surface area contributed by atoms with Gasteiger partial charge in [-0.15, -0.1) is 0 Å². The summed E-state index contributed by atoms with van der Waals surface area (Å²) >= 11 is 0. The van der Waals surface area contributed by atoms with Crippen LogP contribution in [0.1, 0.15) is 31.1 Å². The number of aromatic nitrogens is 5. The molecule has 3 aromatic heterocycles. The summed E-state index contributed by atoms with van der Waals surface area (Å²) in [6, 6.07) is 5.80. The van der Waals surface area contributed by atoms with Crippen molar-refractivity contribution in [3.63, 3.8) is 0 Å². The Morgan fingerprint density at radius 2 is 2.04 bits per heavy atom. The highest BCUT2D eigenvalue weighted by molar-refractivity contribution is 5.58. The van der Waals surface area contributed by atoms with Crippen LogP contribution in [0.4, 0.5) is 5.82 Å². The largest absolute Gasteiger partial charge is 0.363 e. The number of anilines is 1. The SMILES string of the molecule is CCc1cc(CNc2cc(-c3ccn(CC)n3)nc(C)n2)on1. The van der Waals surface area contributed by atoms with Crippen molar-refractivity contribution in [3.8, 4) is 11.4 Å². The van der Waals surface area contributed by atoms with Crippen LogP contribution in [0.2, 0.25) is 0 Å². The molecule has 3 aromatic rings. The molecular weight excluding hydrogens is 292 g/mol. The Morgan fingerprint density at radius 3 is 2.74 bits per heavy atom. The molecule has 120 valence electrons. The first-order valence-corrected chi connectivity index (χ1v) is 7.75. The highest BCUT2D eigenvalue weighted by Crippen LogP contribution is 2.18. The number of rotatable bonds is 6. The predicted octanol–water partition coefficient (Wildman–Crippen LogP) is 2.83. The fraction of sp³-hybridized carbons (Fsp3) is 0.375. The van der Waals surface area contributed by atoms with Crippen molar-refractivity contribution >= 4 is 5.82 Å². The number of nitrogens with one attached hydrogen (secondary N) is 1. The highest BCUT2D eigenvalue weighted by Gasteiger charge is 2.08. The Hall–Kier alpha value is -2.70. The number of hydrogen-bond donors (Lipinski definition) is 1. The lowest BCUT2D eigenvalue weighted by Crippen LogP contribution is -2.03. The van der Waals surface area contributed by atoms with Gasteiger partial charge in [0.25, 0.3) is 0 Å². The van der Waals surface area contributed by atoms with E-state index in [4.69, 9.17) is 4.52 Å². The molecule has 0 aliphatic rings. The van der Waals surface area contributed by atoms with E-state index in [1.165, 1.54) is 0 Å². The first-order chi connectivity index (χ1) is 11.2. The fourth-order valence-corrected chi connectivity index (χ4v) is 2.25. The standard InChI is InChI=1S/C16H20N6O/c1-4-12-8-13(23-21-12)10-17-16-9-15(18-11(3)19-16)14-6-7-22(5-2)20-14/h6-9H,4-5,10H2,1-3H3,(H,17,18,19). The Labute approximate surface area is 134 Å².